The molecule has 25 rings (SSSR count). The second-order valence-electron chi connectivity index (χ2n) is 51.3. The van der Waals surface area contributed by atoms with Gasteiger partial charge in [-0.3, -0.25) is 37.4 Å². The van der Waals surface area contributed by atoms with Gasteiger partial charge in [-0.15, -0.1) is 0 Å². The number of hydrogen-bond donors (Lipinski definition) is 4. The number of sulfone groups is 1. The van der Waals surface area contributed by atoms with Crippen LogP contribution < -0.4 is 0 Å². The Hall–Kier alpha value is -6.35. The van der Waals surface area contributed by atoms with E-state index in [0.29, 0.717) is 124 Å². The van der Waals surface area contributed by atoms with E-state index in [2.05, 4.69) is 64.8 Å². The summed E-state index contributed by atoms with van der Waals surface area (Å²) >= 11 is 0. The molecule has 133 heavy (non-hydrogen) atoms. The Labute approximate surface area is 790 Å². The zero-order valence-electron chi connectivity index (χ0n) is 80.8. The van der Waals surface area contributed by atoms with Crippen LogP contribution in [0.5, 0.6) is 0 Å². The first-order valence-corrected chi connectivity index (χ1v) is 55.9. The second-order valence-corrected chi connectivity index (χ2v) is 54.7. The van der Waals surface area contributed by atoms with Crippen LogP contribution in [0.15, 0.2) is 69.9 Å². The van der Waals surface area contributed by atoms with Crippen molar-refractivity contribution in [2.75, 3.05) is 12.5 Å². The van der Waals surface area contributed by atoms with Gasteiger partial charge in [0.25, 0.3) is 5.82 Å². The first kappa shape index (κ1) is 91.7. The summed E-state index contributed by atoms with van der Waals surface area (Å²) in [5.74, 6) is 21.4. The average Bonchev–Trinajstić information content (AvgIpc) is 1.51. The maximum Gasteiger partial charge on any atom is 0.253 e. The summed E-state index contributed by atoms with van der Waals surface area (Å²) in [5.41, 5.74) is -0.190. The topological polar surface area (TPSA) is 326 Å². The van der Waals surface area contributed by atoms with Crippen LogP contribution >= 0.6 is 0 Å². The Morgan fingerprint density at radius 1 is 0.474 bits per heavy atom. The number of nitrogens with zero attached hydrogens (tertiary/aromatic N) is 11. The fourth-order valence-electron chi connectivity index (χ4n) is 39.1. The van der Waals surface area contributed by atoms with E-state index in [1.807, 2.05) is 40.0 Å². The molecule has 20 fully saturated rings. The Kier molecular flexibility index (Phi) is 22.5. The van der Waals surface area contributed by atoms with E-state index >= 15 is 0 Å². The van der Waals surface area contributed by atoms with E-state index in [1.54, 1.807) is 46.7 Å². The Bertz CT molecular complexity index is 5590. The number of carbonyl (C=O) groups excluding carboxylic acids is 4. The zero-order valence-corrected chi connectivity index (χ0v) is 82.5. The summed E-state index contributed by atoms with van der Waals surface area (Å²) in [6.45, 7) is 28.7. The van der Waals surface area contributed by atoms with Gasteiger partial charge in [-0.25, -0.2) is 13.4 Å². The molecule has 0 spiro atoms. The van der Waals surface area contributed by atoms with Crippen LogP contribution in [0.3, 0.4) is 0 Å². The second kappa shape index (κ2) is 32.6. The van der Waals surface area contributed by atoms with Gasteiger partial charge in [0.1, 0.15) is 17.2 Å². The molecule has 0 radical (unpaired) electrons. The highest BCUT2D eigenvalue weighted by Gasteiger charge is 2.77. The van der Waals surface area contributed by atoms with Crippen molar-refractivity contribution in [1.29, 1.82) is 5.26 Å². The van der Waals surface area contributed by atoms with Gasteiger partial charge >= 0.3 is 0 Å². The highest BCUT2D eigenvalue weighted by Crippen LogP contribution is 2.81. The van der Waals surface area contributed by atoms with Gasteiger partial charge in [-0.2, -0.15) is 25.2 Å². The molecular weight excluding hydrogens is 1710 g/mol. The third kappa shape index (κ3) is 15.6. The fraction of sp³-hybridized carbons (Fsp3) is 0.806. The number of aliphatic hydroxyl groups is 4. The monoisotopic (exact) mass is 1860 g/mol. The molecule has 4 N–H and O–H groups in total. The minimum absolute atomic E-state index is 0.0202. The molecule has 20 aliphatic rings. The third-order valence-electron chi connectivity index (χ3n) is 43.6. The Morgan fingerprint density at radius 3 is 1.31 bits per heavy atom. The van der Waals surface area contributed by atoms with Crippen molar-refractivity contribution in [3.05, 3.63) is 72.8 Å². The van der Waals surface area contributed by atoms with Crippen molar-refractivity contribution >= 4 is 49.6 Å². The number of hydrogen-bond acceptors (Lipinski definition) is 18. The molecule has 1 unspecified atom stereocenters. The normalized spacial score (nSPS) is 48.4. The minimum atomic E-state index is -3.31. The predicted octanol–water partition coefficient (Wildman–Crippen LogP) is 17.9. The van der Waals surface area contributed by atoms with Crippen molar-refractivity contribution in [2.24, 2.45) is 211 Å². The number of Topliss-reactive ketones (excluding diaryl/α,β-unsaturated/α-hetero) is 4. The minimum Gasteiger partial charge on any atom is -0.444 e. The van der Waals surface area contributed by atoms with Crippen LogP contribution in [0.1, 0.15) is 273 Å². The summed E-state index contributed by atoms with van der Waals surface area (Å²) in [7, 11) is -4.37. The molecule has 23 nitrogen and oxygen atoms in total. The molecule has 720 valence electrons. The van der Waals surface area contributed by atoms with Gasteiger partial charge in [0.15, 0.2) is 45.2 Å². The van der Waals surface area contributed by atoms with Gasteiger partial charge in [0.05, 0.1) is 88.1 Å². The number of ketones is 4. The van der Waals surface area contributed by atoms with Crippen molar-refractivity contribution in [1.82, 2.24) is 44.1 Å². The number of nitriles is 1. The largest absolute Gasteiger partial charge is 0.444 e. The van der Waals surface area contributed by atoms with E-state index in [4.69, 9.17) is 11.0 Å². The molecule has 5 heterocycles. The van der Waals surface area contributed by atoms with E-state index < -0.39 is 43.0 Å². The molecule has 0 saturated heterocycles. The average molecular weight is 1860 g/mol. The fourth-order valence-corrected chi connectivity index (χ4v) is 40.1. The number of fused-ring (bicyclic) bond motifs is 28. The molecule has 41 atom stereocenters. The van der Waals surface area contributed by atoms with Gasteiger partial charge in [-0.05, 0) is 420 Å². The molecule has 0 amide bonds. The summed E-state index contributed by atoms with van der Waals surface area (Å²) in [4.78, 5) is 63.2. The van der Waals surface area contributed by atoms with Crippen LogP contribution in [0.4, 0.5) is 5.82 Å². The molecule has 0 aromatic carbocycles. The smallest absolute Gasteiger partial charge is 0.253 e. The van der Waals surface area contributed by atoms with Crippen LogP contribution in [0.2, 0.25) is 0 Å². The molecule has 20 saturated carbocycles. The van der Waals surface area contributed by atoms with Crippen molar-refractivity contribution in [2.45, 2.75) is 326 Å². The lowest BCUT2D eigenvalue weighted by molar-refractivity contribution is -0.159. The van der Waals surface area contributed by atoms with Gasteiger partial charge < -0.3 is 29.7 Å². The van der Waals surface area contributed by atoms with Gasteiger partial charge in [0, 0.05) is 60.8 Å². The lowest BCUT2D eigenvalue weighted by Crippen LogP contribution is -2.57. The van der Waals surface area contributed by atoms with Crippen molar-refractivity contribution < 1.29 is 56.6 Å². The van der Waals surface area contributed by atoms with E-state index in [-0.39, 0.29) is 91.8 Å². The lowest BCUT2D eigenvalue weighted by Gasteiger charge is -2.63. The van der Waals surface area contributed by atoms with E-state index in [9.17, 15) is 57.5 Å². The number of rotatable bonds is 15. The molecule has 5 aromatic rings. The summed E-state index contributed by atoms with van der Waals surface area (Å²) in [6.07, 6.45) is 52.9. The first-order chi connectivity index (χ1) is 63.1. The maximum atomic E-state index is 13.8. The molecule has 25 heteroatoms. The quantitative estimate of drug-likeness (QED) is 0.0708. The van der Waals surface area contributed by atoms with E-state index in [0.717, 1.165) is 147 Å². The summed E-state index contributed by atoms with van der Waals surface area (Å²) in [6, 6.07) is 3.47. The number of carbonyl (C=O) groups is 4. The SMILES string of the molecule is CS(=O)c1cnn(CC(=O)[C@H]2[C@H]3C[C@H]3[C@H]3[C@@H]4CC[C@@H]5C[C@](C)(O)CC[C@@H]5[C@H]4CC[C@@]32C)c1.C[C@@]1(O)CC[C@H]2[C@H](CC[C@@H]3[C@@H]2CC[C@@]2(C)[C@H]3[C@@H]3C[C@@H]3[C@@H]2C(=O)Cn2cc(-c3ncco3)cn2)C1.C[C@@]1(O)CC[C@H]2[C@H](CC[C@@H]3[C@@H]2CC[C@@]2(C)[C@H]3[C@@H]3C[C@@H]3[C@@H]2C(=O)Cn2cc(S(C)(=O)=O)cn2)C1.[C-]#[N+]c1cc(C#N)nn1CC(=O)[C@H]1[C@H]2C[C@H]2[C@H]2[C@]3(C)CC[C@@H]4C[C@](C)(O)CC[C@@H]4[C@H]3CC[C@@]21C. The highest BCUT2D eigenvalue weighted by molar-refractivity contribution is 7.90. The highest BCUT2D eigenvalue weighted by atomic mass is 32.2. The molecule has 5 aromatic heterocycles. The summed E-state index contributed by atoms with van der Waals surface area (Å²) in [5, 5.41) is 69.0. The van der Waals surface area contributed by atoms with Crippen LogP contribution in [-0.4, -0.2) is 135 Å². The maximum absolute atomic E-state index is 13.8. The van der Waals surface area contributed by atoms with Crippen LogP contribution in [0.25, 0.3) is 16.3 Å². The number of aromatic nitrogens is 9. The Balaban J connectivity index is 0.000000103. The summed E-state index contributed by atoms with van der Waals surface area (Å²) < 4.78 is 47.2. The number of oxazole rings is 1. The van der Waals surface area contributed by atoms with Crippen molar-refractivity contribution in [3.8, 4) is 17.5 Å². The molecular formula is C108H149N11O12S2. The Morgan fingerprint density at radius 2 is 0.872 bits per heavy atom. The van der Waals surface area contributed by atoms with Crippen molar-refractivity contribution in [3.63, 3.8) is 0 Å². The first-order valence-electron chi connectivity index (χ1n) is 52.5. The van der Waals surface area contributed by atoms with Crippen LogP contribution in [-0.2, 0) is 66.0 Å². The van der Waals surface area contributed by atoms with Gasteiger partial charge in [0.2, 0.25) is 5.89 Å². The van der Waals surface area contributed by atoms with E-state index in [1.165, 1.54) is 169 Å². The van der Waals surface area contributed by atoms with Gasteiger partial charge in [-0.1, -0.05) is 46.3 Å². The zero-order chi connectivity index (χ0) is 93.0. The van der Waals surface area contributed by atoms with Crippen LogP contribution in [0, 0.1) is 228 Å². The molecule has 0 bridgehead atoms. The predicted molar refractivity (Wildman–Crippen MR) is 500 cm³/mol. The third-order valence-corrected chi connectivity index (χ3v) is 45.6. The standard InChI is InChI=1S/C28H36N4O2.C28H37N3O3.C26H38N2O4S.C26H38N2O3S/c1-26(34)8-6-18-16(13-26)5-9-27(2)21(18)7-10-28(3)24(19-12-20(19)25(27)28)22(33)15-32-23(30-4)11-17(14-29)31-32;1-27(33)7-5-18-16(12-27)3-4-20-19(18)6-8-28(2)24(20)21-11-22(21)25(28)23(32)15-31-14-17(13-30-31)26-29-9-10-34-26;1-25(30)8-6-17-15(11-25)4-5-19-18(17)7-9-26(2)23(19)20-10-21(20)24(26)22(29)14-28-13-16(12-27-28)33(3,31)32;1-25(30)8-6-17-15(11-25)4-5-19-18(17)7-9-26(2)23(19)20-10-21(20)24(26)22(29)14-28-13-16(12-27-28)32(3)31/h11,16,18-21,24-25,34H,5-10,12-13,15H2,1-3H3;9-10,13-14,16,18-22,24-25,33H,3-8,11-12,15H2,1-2H3;12-13,15,17-21,23-24,30H,4-11,14H2,1-3H3;12-13,15,17-21,23-24,30H,4-11,14H2,1-3H3/t16-,18+,19+,20-,21-,24-,25+,26-,27-,28-;16-,18+,19-,20-,21-,22+,24-,25-,27-,28+;15-,17+,18-,19-,20-,21+,23-,24-,25-,26+;15-,17+,18-,19-,20-,21+,23-,24-,25-,26+,32?/m1111/s1. The molecule has 0 aliphatic heterocycles. The lowest BCUT2D eigenvalue weighted by atomic mass is 9.42. The molecule has 20 aliphatic carbocycles.